The second kappa shape index (κ2) is 5.21. The van der Waals surface area contributed by atoms with Crippen LogP contribution < -0.4 is 5.32 Å². The van der Waals surface area contributed by atoms with Crippen LogP contribution in [0.5, 0.6) is 0 Å². The lowest BCUT2D eigenvalue weighted by molar-refractivity contribution is -0.485. The minimum atomic E-state index is -0.771. The Balaban J connectivity index is 2.08. The van der Waals surface area contributed by atoms with Crippen molar-refractivity contribution in [3.8, 4) is 0 Å². The molecule has 1 aromatic rings. The van der Waals surface area contributed by atoms with E-state index in [1.807, 2.05) is 0 Å². The van der Waals surface area contributed by atoms with Gasteiger partial charge in [0.1, 0.15) is 10.9 Å². The van der Waals surface area contributed by atoms with Gasteiger partial charge in [0, 0.05) is 13.1 Å². The molecule has 7 nitrogen and oxygen atoms in total. The molecule has 0 atom stereocenters. The topological polar surface area (TPSA) is 83.1 Å². The predicted molar refractivity (Wildman–Crippen MR) is 63.7 cm³/mol. The standard InChI is InChI=1S/C10H10FN5O2/c11-8-1-3-9(4-2-8)13-7-15-6-5-12-10(15)14-16(17)18/h1-4,7H,5-6H2,(H,12,14). The smallest absolute Gasteiger partial charge is 0.276 e. The lowest BCUT2D eigenvalue weighted by Crippen LogP contribution is -2.29. The van der Waals surface area contributed by atoms with Crippen molar-refractivity contribution in [1.82, 2.24) is 10.2 Å². The van der Waals surface area contributed by atoms with E-state index in [0.717, 1.165) is 0 Å². The van der Waals surface area contributed by atoms with E-state index < -0.39 is 5.03 Å². The predicted octanol–water partition coefficient (Wildman–Crippen LogP) is 0.938. The highest BCUT2D eigenvalue weighted by atomic mass is 19.1. The van der Waals surface area contributed by atoms with E-state index in [1.165, 1.54) is 35.5 Å². The van der Waals surface area contributed by atoms with Crippen LogP contribution in [0.2, 0.25) is 0 Å². The van der Waals surface area contributed by atoms with Crippen molar-refractivity contribution in [3.05, 3.63) is 40.2 Å². The SMILES string of the molecule is O=[N+]([O-])/N=C1/NCCN1C=Nc1ccc(F)cc1. The maximum atomic E-state index is 12.7. The van der Waals surface area contributed by atoms with Gasteiger partial charge in [0.05, 0.1) is 12.0 Å². The number of nitrogens with one attached hydrogen (secondary N) is 1. The van der Waals surface area contributed by atoms with Crippen LogP contribution in [0.3, 0.4) is 0 Å². The molecule has 1 fully saturated rings. The molecule has 18 heavy (non-hydrogen) atoms. The van der Waals surface area contributed by atoms with Crippen molar-refractivity contribution in [2.45, 2.75) is 0 Å². The molecule has 0 aromatic heterocycles. The Hall–Kier alpha value is -2.51. The third-order valence-corrected chi connectivity index (χ3v) is 2.26. The van der Waals surface area contributed by atoms with Gasteiger partial charge >= 0.3 is 0 Å². The molecule has 0 aliphatic carbocycles. The highest BCUT2D eigenvalue weighted by Gasteiger charge is 2.19. The van der Waals surface area contributed by atoms with E-state index in [4.69, 9.17) is 0 Å². The minimum Gasteiger partial charge on any atom is -0.349 e. The Bertz CT molecular complexity index is 499. The molecule has 0 amide bonds. The molecule has 1 saturated heterocycles. The van der Waals surface area contributed by atoms with E-state index >= 15 is 0 Å². The van der Waals surface area contributed by atoms with Crippen LogP contribution in [-0.2, 0) is 0 Å². The molecule has 0 spiro atoms. The van der Waals surface area contributed by atoms with Crippen LogP contribution in [0.25, 0.3) is 0 Å². The summed E-state index contributed by atoms with van der Waals surface area (Å²) in [7, 11) is 0. The third kappa shape index (κ3) is 3.00. The number of rotatable bonds is 3. The summed E-state index contributed by atoms with van der Waals surface area (Å²) in [5.41, 5.74) is 0.559. The van der Waals surface area contributed by atoms with Crippen LogP contribution >= 0.6 is 0 Å². The number of guanidine groups is 1. The first-order valence-corrected chi connectivity index (χ1v) is 5.18. The van der Waals surface area contributed by atoms with E-state index in [-0.39, 0.29) is 11.8 Å². The number of hydrogen-bond donors (Lipinski definition) is 1. The van der Waals surface area contributed by atoms with Crippen LogP contribution in [0.1, 0.15) is 0 Å². The fourth-order valence-electron chi connectivity index (χ4n) is 1.44. The molecule has 94 valence electrons. The zero-order valence-electron chi connectivity index (χ0n) is 9.28. The Kier molecular flexibility index (Phi) is 3.46. The average molecular weight is 251 g/mol. The van der Waals surface area contributed by atoms with Gasteiger partial charge in [-0.25, -0.2) is 19.5 Å². The second-order valence-corrected chi connectivity index (χ2v) is 3.50. The summed E-state index contributed by atoms with van der Waals surface area (Å²) in [6, 6.07) is 5.61. The average Bonchev–Trinajstić information content (AvgIpc) is 2.75. The normalized spacial score (nSPS) is 17.4. The summed E-state index contributed by atoms with van der Waals surface area (Å²) in [5.74, 6) is -0.196. The van der Waals surface area contributed by atoms with Crippen LogP contribution in [0, 0.1) is 15.9 Å². The number of aliphatic imine (C=N–C) groups is 1. The van der Waals surface area contributed by atoms with E-state index in [0.29, 0.717) is 18.8 Å². The number of nitro groups is 1. The van der Waals surface area contributed by atoms with E-state index in [1.54, 1.807) is 0 Å². The maximum Gasteiger partial charge on any atom is 0.276 e. The van der Waals surface area contributed by atoms with Crippen molar-refractivity contribution < 1.29 is 9.42 Å². The Morgan fingerprint density at radius 3 is 2.83 bits per heavy atom. The summed E-state index contributed by atoms with van der Waals surface area (Å²) in [4.78, 5) is 15.9. The molecule has 8 heteroatoms. The highest BCUT2D eigenvalue weighted by molar-refractivity contribution is 5.92. The number of hydrogen-bond acceptors (Lipinski definition) is 3. The van der Waals surface area contributed by atoms with Gasteiger partial charge in [-0.1, -0.05) is 0 Å². The highest BCUT2D eigenvalue weighted by Crippen LogP contribution is 2.11. The van der Waals surface area contributed by atoms with Gasteiger partial charge in [-0.05, 0) is 24.3 Å². The zero-order chi connectivity index (χ0) is 13.0. The largest absolute Gasteiger partial charge is 0.349 e. The minimum absolute atomic E-state index is 0.144. The fourth-order valence-corrected chi connectivity index (χ4v) is 1.44. The fraction of sp³-hybridized carbons (Fsp3) is 0.200. The van der Waals surface area contributed by atoms with Crippen LogP contribution in [0.15, 0.2) is 34.4 Å². The van der Waals surface area contributed by atoms with Gasteiger partial charge in [0.15, 0.2) is 5.03 Å². The number of hydrazone groups is 1. The van der Waals surface area contributed by atoms with Crippen LogP contribution in [0.4, 0.5) is 10.1 Å². The van der Waals surface area contributed by atoms with Gasteiger partial charge in [-0.3, -0.25) is 4.90 Å². The summed E-state index contributed by atoms with van der Waals surface area (Å²) >= 11 is 0. The van der Waals surface area contributed by atoms with E-state index in [2.05, 4.69) is 15.4 Å². The number of nitrogens with zero attached hydrogens (tertiary/aromatic N) is 4. The molecular weight excluding hydrogens is 241 g/mol. The molecule has 0 unspecified atom stereocenters. The molecule has 1 aliphatic heterocycles. The van der Waals surface area contributed by atoms with Crippen LogP contribution in [-0.4, -0.2) is 35.3 Å². The first-order chi connectivity index (χ1) is 8.65. The van der Waals surface area contributed by atoms with Gasteiger partial charge in [0.25, 0.3) is 5.96 Å². The molecular formula is C10H10FN5O2. The lowest BCUT2D eigenvalue weighted by Gasteiger charge is -2.07. The van der Waals surface area contributed by atoms with Crippen molar-refractivity contribution in [1.29, 1.82) is 0 Å². The first-order valence-electron chi connectivity index (χ1n) is 5.18. The van der Waals surface area contributed by atoms with Crippen molar-refractivity contribution >= 4 is 18.0 Å². The maximum absolute atomic E-state index is 12.7. The quantitative estimate of drug-likeness (QED) is 0.375. The molecule has 1 aliphatic rings. The summed E-state index contributed by atoms with van der Waals surface area (Å²) < 4.78 is 12.7. The van der Waals surface area contributed by atoms with Gasteiger partial charge in [-0.2, -0.15) is 0 Å². The monoisotopic (exact) mass is 251 g/mol. The second-order valence-electron chi connectivity index (χ2n) is 3.50. The Morgan fingerprint density at radius 2 is 2.17 bits per heavy atom. The molecule has 0 bridgehead atoms. The Morgan fingerprint density at radius 1 is 1.44 bits per heavy atom. The summed E-state index contributed by atoms with van der Waals surface area (Å²) in [5, 5.41) is 15.5. The molecule has 1 aromatic carbocycles. The number of benzene rings is 1. The molecule has 1 heterocycles. The van der Waals surface area contributed by atoms with Gasteiger partial charge in [-0.15, -0.1) is 0 Å². The van der Waals surface area contributed by atoms with Crippen molar-refractivity contribution in [2.75, 3.05) is 13.1 Å². The van der Waals surface area contributed by atoms with Crippen molar-refractivity contribution in [3.63, 3.8) is 0 Å². The molecule has 0 saturated carbocycles. The Labute approximate surface area is 102 Å². The molecule has 0 radical (unpaired) electrons. The van der Waals surface area contributed by atoms with Gasteiger partial charge in [0.2, 0.25) is 0 Å². The lowest BCUT2D eigenvalue weighted by atomic mass is 10.3. The number of halogens is 1. The third-order valence-electron chi connectivity index (χ3n) is 2.26. The molecule has 1 N–H and O–H groups in total. The van der Waals surface area contributed by atoms with Crippen molar-refractivity contribution in [2.24, 2.45) is 10.1 Å². The summed E-state index contributed by atoms with van der Waals surface area (Å²) in [6.07, 6.45) is 1.43. The van der Waals surface area contributed by atoms with E-state index in [9.17, 15) is 14.5 Å². The van der Waals surface area contributed by atoms with Gasteiger partial charge < -0.3 is 5.32 Å². The zero-order valence-corrected chi connectivity index (χ0v) is 9.28. The molecule has 2 rings (SSSR count). The first kappa shape index (κ1) is 12.0. The summed E-state index contributed by atoms with van der Waals surface area (Å²) in [6.45, 7) is 1.10.